The Bertz CT molecular complexity index is 238. The summed E-state index contributed by atoms with van der Waals surface area (Å²) in [6.45, 7) is 5.12. The molecule has 1 unspecified atom stereocenters. The Kier molecular flexibility index (Phi) is 5.45. The van der Waals surface area contributed by atoms with Gasteiger partial charge in [0, 0.05) is 5.57 Å². The molecule has 0 aromatic carbocycles. The van der Waals surface area contributed by atoms with Gasteiger partial charge in [-0.25, -0.2) is 0 Å². The van der Waals surface area contributed by atoms with Gasteiger partial charge >= 0.3 is 0 Å². The molecule has 0 bridgehead atoms. The predicted octanol–water partition coefficient (Wildman–Crippen LogP) is -1.69. The maximum Gasteiger partial charge on any atom is 0.248 e. The van der Waals surface area contributed by atoms with E-state index in [2.05, 4.69) is 27.8 Å². The number of carbonyl (C=O) groups excluding carboxylic acids is 1. The lowest BCUT2D eigenvalue weighted by Crippen LogP contribution is -2.74. The van der Waals surface area contributed by atoms with E-state index in [0.717, 1.165) is 0 Å². The van der Waals surface area contributed by atoms with Gasteiger partial charge in [0.25, 0.3) is 0 Å². The predicted molar refractivity (Wildman–Crippen MR) is 58.9 cm³/mol. The first-order valence-corrected chi connectivity index (χ1v) is 4.64. The van der Waals surface area contributed by atoms with Crippen LogP contribution in [0.5, 0.6) is 0 Å². The molecule has 15 heavy (non-hydrogen) atoms. The molecule has 5 N–H and O–H groups in total. The molecule has 0 rings (SSSR count). The molecule has 88 valence electrons. The summed E-state index contributed by atoms with van der Waals surface area (Å²) >= 11 is 0. The summed E-state index contributed by atoms with van der Waals surface area (Å²) in [6.07, 6.45) is -0.976. The van der Waals surface area contributed by atoms with E-state index in [-0.39, 0.29) is 5.91 Å². The summed E-state index contributed by atoms with van der Waals surface area (Å²) in [7, 11) is 4.83. The van der Waals surface area contributed by atoms with Crippen LogP contribution in [-0.4, -0.2) is 44.2 Å². The number of nitrogens with one attached hydrogen (secondary N) is 4. The van der Waals surface area contributed by atoms with Crippen molar-refractivity contribution in [3.05, 3.63) is 12.2 Å². The zero-order chi connectivity index (χ0) is 12.1. The van der Waals surface area contributed by atoms with Gasteiger partial charge in [-0.1, -0.05) is 6.58 Å². The van der Waals surface area contributed by atoms with E-state index in [1.807, 2.05) is 0 Å². The van der Waals surface area contributed by atoms with Crippen molar-refractivity contribution in [1.82, 2.24) is 21.3 Å². The fraction of sp³-hybridized carbons (Fsp3) is 0.667. The summed E-state index contributed by atoms with van der Waals surface area (Å²) < 4.78 is 0. The number of aliphatic hydroxyl groups excluding tert-OH is 1. The van der Waals surface area contributed by atoms with Crippen LogP contribution >= 0.6 is 0 Å². The van der Waals surface area contributed by atoms with Crippen molar-refractivity contribution in [3.63, 3.8) is 0 Å². The second-order valence-electron chi connectivity index (χ2n) is 3.23. The van der Waals surface area contributed by atoms with Crippen molar-refractivity contribution in [2.75, 3.05) is 21.1 Å². The number of hydrogen-bond acceptors (Lipinski definition) is 5. The standard InChI is InChI=1S/C9H20N4O2/c1-6(2)7(14)13-9(11-4,12-5)8(15)10-3/h8,10-12,15H,1H2,2-5H3,(H,13,14). The van der Waals surface area contributed by atoms with Crippen molar-refractivity contribution < 1.29 is 9.90 Å². The number of hydrogen-bond donors (Lipinski definition) is 5. The van der Waals surface area contributed by atoms with Crippen LogP contribution in [0.4, 0.5) is 0 Å². The van der Waals surface area contributed by atoms with Crippen LogP contribution in [0.1, 0.15) is 6.92 Å². The molecule has 6 heteroatoms. The highest BCUT2D eigenvalue weighted by Crippen LogP contribution is 2.01. The smallest absolute Gasteiger partial charge is 0.248 e. The minimum Gasteiger partial charge on any atom is -0.373 e. The highest BCUT2D eigenvalue weighted by atomic mass is 16.3. The Morgan fingerprint density at radius 1 is 1.33 bits per heavy atom. The Morgan fingerprint density at radius 3 is 2.07 bits per heavy atom. The van der Waals surface area contributed by atoms with Gasteiger partial charge in [-0.15, -0.1) is 0 Å². The molecule has 0 saturated carbocycles. The van der Waals surface area contributed by atoms with Gasteiger partial charge in [0.15, 0.2) is 12.0 Å². The molecule has 0 aliphatic rings. The van der Waals surface area contributed by atoms with Crippen LogP contribution in [0.3, 0.4) is 0 Å². The van der Waals surface area contributed by atoms with Gasteiger partial charge < -0.3 is 10.4 Å². The van der Waals surface area contributed by atoms with E-state index in [9.17, 15) is 9.90 Å². The first-order chi connectivity index (χ1) is 6.93. The fourth-order valence-corrected chi connectivity index (χ4v) is 1.09. The van der Waals surface area contributed by atoms with Crippen LogP contribution < -0.4 is 21.3 Å². The van der Waals surface area contributed by atoms with Crippen LogP contribution in [0, 0.1) is 0 Å². The van der Waals surface area contributed by atoms with E-state index < -0.39 is 12.0 Å². The van der Waals surface area contributed by atoms with Crippen molar-refractivity contribution in [2.45, 2.75) is 18.9 Å². The quantitative estimate of drug-likeness (QED) is 0.270. The van der Waals surface area contributed by atoms with Crippen LogP contribution in [-0.2, 0) is 4.79 Å². The Labute approximate surface area is 90.1 Å². The van der Waals surface area contributed by atoms with Crippen LogP contribution in [0.25, 0.3) is 0 Å². The van der Waals surface area contributed by atoms with Gasteiger partial charge in [-0.05, 0) is 28.1 Å². The first-order valence-electron chi connectivity index (χ1n) is 4.64. The third kappa shape index (κ3) is 3.28. The van der Waals surface area contributed by atoms with Gasteiger partial charge in [0.2, 0.25) is 5.91 Å². The summed E-state index contributed by atoms with van der Waals surface area (Å²) in [4.78, 5) is 11.5. The molecule has 0 aromatic rings. The molecular weight excluding hydrogens is 196 g/mol. The largest absolute Gasteiger partial charge is 0.373 e. The lowest BCUT2D eigenvalue weighted by atomic mass is 10.2. The maximum absolute atomic E-state index is 11.5. The van der Waals surface area contributed by atoms with Gasteiger partial charge in [-0.3, -0.25) is 20.7 Å². The highest BCUT2D eigenvalue weighted by Gasteiger charge is 2.35. The summed E-state index contributed by atoms with van der Waals surface area (Å²) in [5.41, 5.74) is 0.369. The molecule has 0 saturated heterocycles. The fourth-order valence-electron chi connectivity index (χ4n) is 1.09. The summed E-state index contributed by atoms with van der Waals surface area (Å²) in [5, 5.41) is 20.6. The first kappa shape index (κ1) is 14.1. The monoisotopic (exact) mass is 216 g/mol. The SMILES string of the molecule is C=C(C)C(=O)NC(NC)(NC)C(O)NC. The van der Waals surface area contributed by atoms with Crippen LogP contribution in [0.15, 0.2) is 12.2 Å². The number of carbonyl (C=O) groups is 1. The lowest BCUT2D eigenvalue weighted by molar-refractivity contribution is -0.123. The minimum atomic E-state index is -1.12. The number of amides is 1. The third-order valence-corrected chi connectivity index (χ3v) is 2.17. The Morgan fingerprint density at radius 2 is 1.80 bits per heavy atom. The van der Waals surface area contributed by atoms with Crippen molar-refractivity contribution >= 4 is 5.91 Å². The van der Waals surface area contributed by atoms with Crippen molar-refractivity contribution in [1.29, 1.82) is 0 Å². The minimum absolute atomic E-state index is 0.340. The van der Waals surface area contributed by atoms with E-state index in [1.54, 1.807) is 28.1 Å². The molecule has 0 heterocycles. The number of aliphatic hydroxyl groups is 1. The van der Waals surface area contributed by atoms with Crippen molar-refractivity contribution in [3.8, 4) is 0 Å². The number of likely N-dealkylation sites (N-methyl/N-ethyl adjacent to an activating group) is 3. The van der Waals surface area contributed by atoms with E-state index >= 15 is 0 Å². The molecule has 1 atom stereocenters. The third-order valence-electron chi connectivity index (χ3n) is 2.17. The Balaban J connectivity index is 4.78. The van der Waals surface area contributed by atoms with Gasteiger partial charge in [-0.2, -0.15) is 0 Å². The normalized spacial score (nSPS) is 13.4. The molecule has 0 aliphatic heterocycles. The molecule has 6 nitrogen and oxygen atoms in total. The zero-order valence-electron chi connectivity index (χ0n) is 9.64. The van der Waals surface area contributed by atoms with Gasteiger partial charge in [0.05, 0.1) is 0 Å². The van der Waals surface area contributed by atoms with E-state index in [1.165, 1.54) is 0 Å². The molecule has 0 aromatic heterocycles. The van der Waals surface area contributed by atoms with Crippen molar-refractivity contribution in [2.24, 2.45) is 0 Å². The number of rotatable bonds is 6. The summed E-state index contributed by atoms with van der Waals surface area (Å²) in [6, 6.07) is 0. The molecule has 1 amide bonds. The maximum atomic E-state index is 11.5. The molecule has 0 radical (unpaired) electrons. The highest BCUT2D eigenvalue weighted by molar-refractivity contribution is 5.92. The van der Waals surface area contributed by atoms with Crippen LogP contribution in [0.2, 0.25) is 0 Å². The molecule has 0 aliphatic carbocycles. The summed E-state index contributed by atoms with van der Waals surface area (Å²) in [5.74, 6) is -1.46. The van der Waals surface area contributed by atoms with Gasteiger partial charge in [0.1, 0.15) is 0 Å². The second kappa shape index (κ2) is 5.82. The Hall–Kier alpha value is -0.950. The lowest BCUT2D eigenvalue weighted by Gasteiger charge is -2.37. The average Bonchev–Trinajstić information content (AvgIpc) is 2.24. The molecule has 0 spiro atoms. The molecule has 0 fully saturated rings. The van der Waals surface area contributed by atoms with E-state index in [4.69, 9.17) is 0 Å². The average molecular weight is 216 g/mol. The zero-order valence-corrected chi connectivity index (χ0v) is 9.64. The van der Waals surface area contributed by atoms with E-state index in [0.29, 0.717) is 5.57 Å². The second-order valence-corrected chi connectivity index (χ2v) is 3.23. The molecular formula is C9H20N4O2. The topological polar surface area (TPSA) is 85.4 Å².